The third kappa shape index (κ3) is 8.64. The van der Waals surface area contributed by atoms with Gasteiger partial charge in [0.2, 0.25) is 17.7 Å². The SMILES string of the molecule is CC(O)C(NC(=O)C(Cc1cnc[nH]1)NC(=O)C(N)Cc1ccc(O)cc1)C(=O)NC(Cc1cnc[nH]1)C(=O)O. The molecule has 0 saturated carbocycles. The number of phenols is 1. The second kappa shape index (κ2) is 13.9. The first kappa shape index (κ1) is 29.8. The molecule has 5 atom stereocenters. The number of benzene rings is 1. The van der Waals surface area contributed by atoms with Gasteiger partial charge in [-0.15, -0.1) is 0 Å². The molecule has 0 aliphatic carbocycles. The molecule has 214 valence electrons. The van der Waals surface area contributed by atoms with Gasteiger partial charge in [-0.3, -0.25) is 14.4 Å². The summed E-state index contributed by atoms with van der Waals surface area (Å²) in [6.07, 6.45) is 4.16. The van der Waals surface area contributed by atoms with E-state index in [1.165, 1.54) is 44.1 Å². The normalized spacial score (nSPS) is 14.8. The molecule has 3 rings (SSSR count). The van der Waals surface area contributed by atoms with Gasteiger partial charge < -0.3 is 47.0 Å². The lowest BCUT2D eigenvalue weighted by molar-refractivity contribution is -0.143. The van der Waals surface area contributed by atoms with E-state index in [0.29, 0.717) is 17.0 Å². The zero-order valence-electron chi connectivity index (χ0n) is 21.6. The van der Waals surface area contributed by atoms with Gasteiger partial charge in [0, 0.05) is 36.6 Å². The van der Waals surface area contributed by atoms with Crippen molar-refractivity contribution >= 4 is 23.7 Å². The van der Waals surface area contributed by atoms with E-state index in [4.69, 9.17) is 5.73 Å². The molecule has 0 bridgehead atoms. The number of phenolic OH excluding ortho intramolecular Hbond substituents is 1. The van der Waals surface area contributed by atoms with Gasteiger partial charge >= 0.3 is 5.97 Å². The molecule has 5 unspecified atom stereocenters. The number of aromatic amines is 2. The number of carbonyl (C=O) groups is 4. The summed E-state index contributed by atoms with van der Waals surface area (Å²) in [5, 5.41) is 36.5. The van der Waals surface area contributed by atoms with Crippen LogP contribution in [-0.4, -0.2) is 89.2 Å². The molecule has 3 aromatic rings. The van der Waals surface area contributed by atoms with Crippen molar-refractivity contribution < 1.29 is 34.5 Å². The summed E-state index contributed by atoms with van der Waals surface area (Å²) in [4.78, 5) is 64.1. The molecule has 0 fully saturated rings. The second-order valence-corrected chi connectivity index (χ2v) is 9.23. The fraction of sp³-hybridized carbons (Fsp3) is 0.360. The number of aromatic nitrogens is 4. The Labute approximate surface area is 228 Å². The molecule has 1 aromatic carbocycles. The Morgan fingerprint density at radius 3 is 1.90 bits per heavy atom. The number of hydrogen-bond acceptors (Lipinski definition) is 9. The molecule has 40 heavy (non-hydrogen) atoms. The summed E-state index contributed by atoms with van der Waals surface area (Å²) in [5.74, 6) is -3.68. The van der Waals surface area contributed by atoms with E-state index < -0.39 is 54.0 Å². The maximum atomic E-state index is 13.3. The number of nitrogens with one attached hydrogen (secondary N) is 5. The third-order valence-corrected chi connectivity index (χ3v) is 6.00. The van der Waals surface area contributed by atoms with Crippen molar-refractivity contribution in [1.29, 1.82) is 0 Å². The number of imidazole rings is 2. The van der Waals surface area contributed by atoms with Crippen LogP contribution in [0.2, 0.25) is 0 Å². The summed E-state index contributed by atoms with van der Waals surface area (Å²) in [6, 6.07) is 0.954. The fourth-order valence-corrected chi connectivity index (χ4v) is 3.82. The third-order valence-electron chi connectivity index (χ3n) is 6.00. The Morgan fingerprint density at radius 2 is 1.40 bits per heavy atom. The van der Waals surface area contributed by atoms with E-state index in [0.717, 1.165) is 0 Å². The monoisotopic (exact) mass is 556 g/mol. The van der Waals surface area contributed by atoms with Crippen molar-refractivity contribution in [1.82, 2.24) is 35.9 Å². The zero-order valence-corrected chi connectivity index (χ0v) is 21.6. The number of nitrogens with zero attached hydrogens (tertiary/aromatic N) is 2. The molecule has 10 N–H and O–H groups in total. The van der Waals surface area contributed by atoms with Crippen LogP contribution in [0.1, 0.15) is 23.9 Å². The van der Waals surface area contributed by atoms with Crippen LogP contribution in [0, 0.1) is 0 Å². The van der Waals surface area contributed by atoms with Gasteiger partial charge in [-0.05, 0) is 31.0 Å². The largest absolute Gasteiger partial charge is 0.508 e. The van der Waals surface area contributed by atoms with Crippen LogP contribution in [0.5, 0.6) is 5.75 Å². The molecule has 3 amide bonds. The van der Waals surface area contributed by atoms with E-state index in [-0.39, 0.29) is 25.0 Å². The number of aromatic hydroxyl groups is 1. The van der Waals surface area contributed by atoms with Gasteiger partial charge in [-0.25, -0.2) is 14.8 Å². The van der Waals surface area contributed by atoms with Gasteiger partial charge in [-0.1, -0.05) is 12.1 Å². The lowest BCUT2D eigenvalue weighted by Crippen LogP contribution is -2.60. The average molecular weight is 557 g/mol. The molecule has 0 aliphatic rings. The van der Waals surface area contributed by atoms with Crippen molar-refractivity contribution in [2.45, 2.75) is 56.5 Å². The van der Waals surface area contributed by atoms with Crippen molar-refractivity contribution in [3.63, 3.8) is 0 Å². The number of aliphatic hydroxyl groups excluding tert-OH is 1. The number of H-pyrrole nitrogens is 2. The Hall–Kier alpha value is -4.76. The first-order valence-corrected chi connectivity index (χ1v) is 12.3. The number of carboxylic acid groups (broad SMARTS) is 1. The minimum atomic E-state index is -1.54. The summed E-state index contributed by atoms with van der Waals surface area (Å²) in [7, 11) is 0. The minimum absolute atomic E-state index is 0.0464. The van der Waals surface area contributed by atoms with Crippen molar-refractivity contribution in [2.75, 3.05) is 0 Å². The summed E-state index contributed by atoms with van der Waals surface area (Å²) >= 11 is 0. The minimum Gasteiger partial charge on any atom is -0.508 e. The van der Waals surface area contributed by atoms with Crippen molar-refractivity contribution in [2.24, 2.45) is 5.73 Å². The van der Waals surface area contributed by atoms with Crippen LogP contribution >= 0.6 is 0 Å². The van der Waals surface area contributed by atoms with Crippen LogP contribution < -0.4 is 21.7 Å². The number of amides is 3. The Kier molecular flexibility index (Phi) is 10.3. The first-order chi connectivity index (χ1) is 19.0. The Bertz CT molecular complexity index is 1260. The number of rotatable bonds is 14. The predicted molar refractivity (Wildman–Crippen MR) is 139 cm³/mol. The number of hydrogen-bond donors (Lipinski definition) is 9. The lowest BCUT2D eigenvalue weighted by Gasteiger charge is -2.26. The van der Waals surface area contributed by atoms with Crippen molar-refractivity contribution in [3.05, 3.63) is 66.3 Å². The molecule has 0 radical (unpaired) electrons. The van der Waals surface area contributed by atoms with Gasteiger partial charge in [0.15, 0.2) is 0 Å². The van der Waals surface area contributed by atoms with Crippen LogP contribution in [0.15, 0.2) is 49.3 Å². The van der Waals surface area contributed by atoms with Gasteiger partial charge in [0.1, 0.15) is 23.9 Å². The number of aliphatic carboxylic acids is 1. The quantitative estimate of drug-likeness (QED) is 0.107. The summed E-state index contributed by atoms with van der Waals surface area (Å²) in [5.41, 5.74) is 7.69. The molecule has 15 heteroatoms. The zero-order chi connectivity index (χ0) is 29.2. The average Bonchev–Trinajstić information content (AvgIpc) is 3.61. The first-order valence-electron chi connectivity index (χ1n) is 12.3. The topological polar surface area (TPSA) is 248 Å². The molecular formula is C25H32N8O7. The molecule has 0 aliphatic heterocycles. The highest BCUT2D eigenvalue weighted by molar-refractivity contribution is 5.94. The Morgan fingerprint density at radius 1 is 0.850 bits per heavy atom. The molecule has 0 spiro atoms. The molecule has 2 heterocycles. The van der Waals surface area contributed by atoms with Crippen LogP contribution in [0.3, 0.4) is 0 Å². The maximum Gasteiger partial charge on any atom is 0.326 e. The van der Waals surface area contributed by atoms with E-state index in [1.807, 2.05) is 0 Å². The molecule has 2 aromatic heterocycles. The molecule has 0 saturated heterocycles. The van der Waals surface area contributed by atoms with E-state index in [1.54, 1.807) is 12.1 Å². The number of carbonyl (C=O) groups excluding carboxylic acids is 3. The number of carboxylic acids is 1. The van der Waals surface area contributed by atoms with Crippen LogP contribution in [0.25, 0.3) is 0 Å². The van der Waals surface area contributed by atoms with E-state index >= 15 is 0 Å². The predicted octanol–water partition coefficient (Wildman–Crippen LogP) is -1.89. The highest BCUT2D eigenvalue weighted by Crippen LogP contribution is 2.11. The maximum absolute atomic E-state index is 13.3. The number of nitrogens with two attached hydrogens (primary N) is 1. The van der Waals surface area contributed by atoms with E-state index in [9.17, 15) is 34.5 Å². The van der Waals surface area contributed by atoms with Gasteiger partial charge in [0.25, 0.3) is 0 Å². The van der Waals surface area contributed by atoms with Crippen LogP contribution in [0.4, 0.5) is 0 Å². The fourth-order valence-electron chi connectivity index (χ4n) is 3.82. The summed E-state index contributed by atoms with van der Waals surface area (Å²) in [6.45, 7) is 1.26. The lowest BCUT2D eigenvalue weighted by atomic mass is 10.0. The molecule has 15 nitrogen and oxygen atoms in total. The van der Waals surface area contributed by atoms with Crippen molar-refractivity contribution in [3.8, 4) is 5.75 Å². The second-order valence-electron chi connectivity index (χ2n) is 9.23. The smallest absolute Gasteiger partial charge is 0.326 e. The highest BCUT2D eigenvalue weighted by Gasteiger charge is 2.33. The standard InChI is InChI=1S/C25H32N8O7/c1-13(34)21(24(38)32-20(25(39)40)8-16-10-28-12-30-16)33-23(37)19(7-15-9-27-11-29-15)31-22(36)18(26)6-14-2-4-17(35)5-3-14/h2-5,9-13,18-21,34-35H,6-8,26H2,1H3,(H,27,29)(H,28,30)(H,31,36)(H,32,38)(H,33,37)(H,39,40). The number of aliphatic hydroxyl groups is 1. The van der Waals surface area contributed by atoms with Crippen LogP contribution in [-0.2, 0) is 38.4 Å². The highest BCUT2D eigenvalue weighted by atomic mass is 16.4. The molecular weight excluding hydrogens is 524 g/mol. The van der Waals surface area contributed by atoms with E-state index in [2.05, 4.69) is 35.9 Å². The Balaban J connectivity index is 1.70. The summed E-state index contributed by atoms with van der Waals surface area (Å²) < 4.78 is 0. The van der Waals surface area contributed by atoms with Gasteiger partial charge in [0.05, 0.1) is 24.8 Å². The van der Waals surface area contributed by atoms with Gasteiger partial charge in [-0.2, -0.15) is 0 Å².